The smallest absolute Gasteiger partial charge is 0.0541 e. The molecule has 0 aliphatic rings. The van der Waals surface area contributed by atoms with Gasteiger partial charge in [0.05, 0.1) is 33.1 Å². The molecule has 0 saturated heterocycles. The van der Waals surface area contributed by atoms with E-state index in [1.165, 1.54) is 224 Å². The summed E-state index contributed by atoms with van der Waals surface area (Å²) in [5, 5.41) is 30.8. The number of hydrogen-bond acceptors (Lipinski definition) is 0. The van der Waals surface area contributed by atoms with Gasteiger partial charge in [0.15, 0.2) is 0 Å². The van der Waals surface area contributed by atoms with Crippen LogP contribution in [0.2, 0.25) is 0 Å². The lowest BCUT2D eigenvalue weighted by atomic mass is 9.89. The minimum Gasteiger partial charge on any atom is -0.309 e. The molecule has 0 aliphatic heterocycles. The predicted molar refractivity (Wildman–Crippen MR) is 502 cm³/mol. The van der Waals surface area contributed by atoms with Crippen LogP contribution in [-0.4, -0.2) is 13.7 Å². The largest absolute Gasteiger partial charge is 0.309 e. The number of hydrogen-bond donors (Lipinski definition) is 0. The van der Waals surface area contributed by atoms with Gasteiger partial charge in [0, 0.05) is 49.4 Å². The minimum absolute atomic E-state index is 1.18. The highest BCUT2D eigenvalue weighted by Crippen LogP contribution is 2.46. The van der Waals surface area contributed by atoms with Crippen LogP contribution >= 0.6 is 0 Å². The van der Waals surface area contributed by atoms with Gasteiger partial charge in [-0.25, -0.2) is 0 Å². The standard InChI is InChI=1S/C42H27N.2C36H23N/c1-2-12-33(13-3-1)43-40-17-9-8-16-36(40)39-26-31(23-25-41(39)43)28-18-20-30(21-19-28)42-35-15-7-5-11-32(35)27-38-34-14-6-4-10-29(34)22-24-37(38)42;1-3-14-28-24(10-1)20-21-32-33(28)23-25-11-2-4-15-29(25)36(32)26-12-9-13-27(22-26)37-34-18-7-5-16-30(34)31-17-6-8-19-35(31)37;1-3-11-28-24(9-1)19-22-32-33(28)23-26-10-2-4-12-29(26)36(32)25-17-20-27(21-18-25)37-34-15-7-5-13-30(34)31-14-6-8-16-35(31)37/h1-27H;2*1-23H. The number of aromatic nitrogens is 3. The van der Waals surface area contributed by atoms with Crippen molar-refractivity contribution in [2.45, 2.75) is 0 Å². The summed E-state index contributed by atoms with van der Waals surface area (Å²) in [6.07, 6.45) is 0. The molecule has 0 N–H and O–H groups in total. The third-order valence-electron chi connectivity index (χ3n) is 24.5. The molecule has 0 amide bonds. The average Bonchev–Trinajstić information content (AvgIpc) is 1.72. The highest BCUT2D eigenvalue weighted by Gasteiger charge is 2.21. The van der Waals surface area contributed by atoms with E-state index in [0.29, 0.717) is 0 Å². The van der Waals surface area contributed by atoms with E-state index in [1.807, 2.05) is 0 Å². The van der Waals surface area contributed by atoms with Crippen LogP contribution in [0.1, 0.15) is 0 Å². The molecule has 3 aromatic heterocycles. The van der Waals surface area contributed by atoms with Gasteiger partial charge in [-0.3, -0.25) is 0 Å². The second-order valence-electron chi connectivity index (χ2n) is 30.9. The summed E-state index contributed by atoms with van der Waals surface area (Å²) in [5.41, 5.74) is 21.0. The average molecular weight is 1480 g/mol. The van der Waals surface area contributed by atoms with Crippen LogP contribution in [0.3, 0.4) is 0 Å². The number of fused-ring (bicyclic) bond motifs is 21. The molecule has 3 nitrogen and oxygen atoms in total. The van der Waals surface area contributed by atoms with Crippen molar-refractivity contribution in [2.75, 3.05) is 0 Å². The maximum Gasteiger partial charge on any atom is 0.0541 e. The number of benzene rings is 22. The molecule has 3 heteroatoms. The molecule has 544 valence electrons. The predicted octanol–water partition coefficient (Wildman–Crippen LogP) is 31.4. The zero-order chi connectivity index (χ0) is 77.0. The molecule has 0 radical (unpaired) electrons. The first-order valence-electron chi connectivity index (χ1n) is 40.4. The van der Waals surface area contributed by atoms with Crippen molar-refractivity contribution in [1.29, 1.82) is 0 Å². The lowest BCUT2D eigenvalue weighted by molar-refractivity contribution is 1.18. The van der Waals surface area contributed by atoms with Gasteiger partial charge in [-0.05, 0) is 239 Å². The Morgan fingerprint density at radius 1 is 0.111 bits per heavy atom. The summed E-state index contributed by atoms with van der Waals surface area (Å²) >= 11 is 0. The molecular weight excluding hydrogens is 1410 g/mol. The van der Waals surface area contributed by atoms with Gasteiger partial charge in [-0.15, -0.1) is 0 Å². The van der Waals surface area contributed by atoms with E-state index in [4.69, 9.17) is 0 Å². The summed E-state index contributed by atoms with van der Waals surface area (Å²) in [6.45, 7) is 0. The SMILES string of the molecule is c1cc(-c2c3ccccc3cc3c2ccc2ccccc23)cc(-n2c3ccccc3c3ccccc32)c1.c1ccc(-n2c3ccccc3c3cc(-c4ccc(-c5c6ccccc6cc6c5ccc5ccccc56)cc4)ccc32)cc1.c1ccc2c(-c3ccc(-n4c5ccccc5c5ccccc54)cc3)c3ccc4ccccc4c3cc2c1. The third kappa shape index (κ3) is 11.2. The van der Waals surface area contributed by atoms with Crippen molar-refractivity contribution in [3.63, 3.8) is 0 Å². The molecule has 0 bridgehead atoms. The van der Waals surface area contributed by atoms with Gasteiger partial charge in [-0.2, -0.15) is 0 Å². The molecule has 0 saturated carbocycles. The van der Waals surface area contributed by atoms with E-state index in [1.54, 1.807) is 0 Å². The van der Waals surface area contributed by atoms with Gasteiger partial charge in [0.2, 0.25) is 0 Å². The van der Waals surface area contributed by atoms with Crippen LogP contribution in [-0.2, 0) is 0 Å². The molecule has 0 spiro atoms. The molecule has 117 heavy (non-hydrogen) atoms. The maximum absolute atomic E-state index is 2.40. The molecule has 0 fully saturated rings. The fourth-order valence-corrected chi connectivity index (χ4v) is 19.2. The van der Waals surface area contributed by atoms with Crippen molar-refractivity contribution in [2.24, 2.45) is 0 Å². The topological polar surface area (TPSA) is 14.8 Å². The van der Waals surface area contributed by atoms with Gasteiger partial charge < -0.3 is 13.7 Å². The summed E-state index contributed by atoms with van der Waals surface area (Å²) < 4.78 is 7.15. The van der Waals surface area contributed by atoms with Crippen molar-refractivity contribution < 1.29 is 0 Å². The van der Waals surface area contributed by atoms with Crippen LogP contribution < -0.4 is 0 Å². The number of rotatable bonds is 7. The molecule has 25 rings (SSSR count). The fourth-order valence-electron chi connectivity index (χ4n) is 19.2. The Kier molecular flexibility index (Phi) is 16.0. The fraction of sp³-hybridized carbons (Fsp3) is 0. The summed E-state index contributed by atoms with van der Waals surface area (Å²) in [4.78, 5) is 0. The molecule has 0 aliphatic carbocycles. The molecule has 0 unspecified atom stereocenters. The first kappa shape index (κ1) is 67.3. The van der Waals surface area contributed by atoms with Crippen molar-refractivity contribution in [1.82, 2.24) is 13.7 Å². The van der Waals surface area contributed by atoms with E-state index in [9.17, 15) is 0 Å². The lowest BCUT2D eigenvalue weighted by Gasteiger charge is -2.16. The maximum atomic E-state index is 2.40. The Bertz CT molecular complexity index is 8200. The Labute approximate surface area is 675 Å². The normalized spacial score (nSPS) is 11.8. The Morgan fingerprint density at radius 2 is 0.393 bits per heavy atom. The molecule has 3 heterocycles. The zero-order valence-electron chi connectivity index (χ0n) is 64.0. The van der Waals surface area contributed by atoms with Crippen LogP contribution in [0.4, 0.5) is 0 Å². The molecular formula is C114H73N3. The van der Waals surface area contributed by atoms with Gasteiger partial charge >= 0.3 is 0 Å². The number of nitrogens with zero attached hydrogens (tertiary/aromatic N) is 3. The summed E-state index contributed by atoms with van der Waals surface area (Å²) in [5.74, 6) is 0. The van der Waals surface area contributed by atoms with Crippen LogP contribution in [0.5, 0.6) is 0 Å². The van der Waals surface area contributed by atoms with Gasteiger partial charge in [0.1, 0.15) is 0 Å². The van der Waals surface area contributed by atoms with Crippen LogP contribution in [0, 0.1) is 0 Å². The molecule has 25 aromatic rings. The van der Waals surface area contributed by atoms with E-state index in [2.05, 4.69) is 457 Å². The quantitative estimate of drug-likeness (QED) is 0.112. The lowest BCUT2D eigenvalue weighted by Crippen LogP contribution is -1.95. The van der Waals surface area contributed by atoms with Crippen LogP contribution in [0.25, 0.3) is 224 Å². The van der Waals surface area contributed by atoms with Crippen molar-refractivity contribution in [3.05, 3.63) is 443 Å². The van der Waals surface area contributed by atoms with E-state index in [-0.39, 0.29) is 0 Å². The van der Waals surface area contributed by atoms with Crippen LogP contribution in [0.15, 0.2) is 443 Å². The monoisotopic (exact) mass is 1480 g/mol. The van der Waals surface area contributed by atoms with E-state index < -0.39 is 0 Å². The first-order valence-corrected chi connectivity index (χ1v) is 40.4. The Hall–Kier alpha value is -15.4. The van der Waals surface area contributed by atoms with Crippen molar-refractivity contribution >= 4 is 162 Å². The second-order valence-corrected chi connectivity index (χ2v) is 30.9. The Balaban J connectivity index is 0.000000104. The third-order valence-corrected chi connectivity index (χ3v) is 24.5. The second kappa shape index (κ2) is 27.8. The summed E-state index contributed by atoms with van der Waals surface area (Å²) in [7, 11) is 0. The highest BCUT2D eigenvalue weighted by molar-refractivity contribution is 6.24. The van der Waals surface area contributed by atoms with Crippen molar-refractivity contribution in [3.8, 4) is 61.6 Å². The molecule has 0 atom stereocenters. The Morgan fingerprint density at radius 3 is 0.803 bits per heavy atom. The van der Waals surface area contributed by atoms with E-state index in [0.717, 1.165) is 0 Å². The first-order chi connectivity index (χ1) is 58.1. The summed E-state index contributed by atoms with van der Waals surface area (Å²) in [6, 6.07) is 161. The zero-order valence-corrected chi connectivity index (χ0v) is 64.0. The molecule has 22 aromatic carbocycles. The highest BCUT2D eigenvalue weighted by atomic mass is 15.0. The van der Waals surface area contributed by atoms with Gasteiger partial charge in [-0.1, -0.05) is 346 Å². The van der Waals surface area contributed by atoms with Gasteiger partial charge in [0.25, 0.3) is 0 Å². The number of para-hydroxylation sites is 6. The van der Waals surface area contributed by atoms with E-state index >= 15 is 0 Å². The minimum atomic E-state index is 1.18.